The summed E-state index contributed by atoms with van der Waals surface area (Å²) in [5.41, 5.74) is 0.389. The van der Waals surface area contributed by atoms with Crippen molar-refractivity contribution in [3.05, 3.63) is 0 Å². The van der Waals surface area contributed by atoms with Gasteiger partial charge in [-0.15, -0.1) is 0 Å². The maximum Gasteiger partial charge on any atom is 0.221 e. The normalized spacial score (nSPS) is 15.6. The summed E-state index contributed by atoms with van der Waals surface area (Å²) in [6.45, 7) is 11.0. The maximum absolute atomic E-state index is 11.2. The standard InChI is InChI=1S/C13H28N2O/c1-10(7-8-13(3,4)5)15-11(2)9-12(16)14-6/h10-11,15H,7-9H2,1-6H3,(H,14,16). The molecule has 0 aliphatic heterocycles. The number of carbonyl (C=O) groups excluding carboxylic acids is 1. The van der Waals surface area contributed by atoms with Crippen LogP contribution >= 0.6 is 0 Å². The molecule has 0 rings (SSSR count). The Bertz CT molecular complexity index is 208. The topological polar surface area (TPSA) is 41.1 Å². The maximum atomic E-state index is 11.2. The third-order valence-corrected chi connectivity index (χ3v) is 2.67. The van der Waals surface area contributed by atoms with Crippen molar-refractivity contribution in [3.63, 3.8) is 0 Å². The van der Waals surface area contributed by atoms with E-state index in [0.29, 0.717) is 17.9 Å². The van der Waals surface area contributed by atoms with E-state index in [1.807, 2.05) is 0 Å². The van der Waals surface area contributed by atoms with Crippen LogP contribution in [0.4, 0.5) is 0 Å². The van der Waals surface area contributed by atoms with Gasteiger partial charge in [-0.25, -0.2) is 0 Å². The molecular formula is C13H28N2O. The van der Waals surface area contributed by atoms with Gasteiger partial charge in [-0.1, -0.05) is 20.8 Å². The molecule has 0 bridgehead atoms. The lowest BCUT2D eigenvalue weighted by atomic mass is 9.89. The minimum absolute atomic E-state index is 0.100. The number of hydrogen-bond donors (Lipinski definition) is 2. The van der Waals surface area contributed by atoms with Crippen molar-refractivity contribution in [1.29, 1.82) is 0 Å². The van der Waals surface area contributed by atoms with Crippen LogP contribution in [0.5, 0.6) is 0 Å². The molecule has 2 unspecified atom stereocenters. The summed E-state index contributed by atoms with van der Waals surface area (Å²) < 4.78 is 0. The molecule has 0 aromatic carbocycles. The molecule has 0 spiro atoms. The zero-order chi connectivity index (χ0) is 12.8. The second-order valence-corrected chi connectivity index (χ2v) is 5.95. The summed E-state index contributed by atoms with van der Waals surface area (Å²) in [7, 11) is 1.68. The molecule has 3 heteroatoms. The van der Waals surface area contributed by atoms with Gasteiger partial charge in [-0.2, -0.15) is 0 Å². The summed E-state index contributed by atoms with van der Waals surface area (Å²) in [5, 5.41) is 6.10. The number of rotatable bonds is 6. The molecule has 0 aliphatic carbocycles. The molecule has 0 aromatic rings. The fourth-order valence-electron chi connectivity index (χ4n) is 1.66. The highest BCUT2D eigenvalue weighted by atomic mass is 16.1. The smallest absolute Gasteiger partial charge is 0.221 e. The number of hydrogen-bond acceptors (Lipinski definition) is 2. The van der Waals surface area contributed by atoms with E-state index in [4.69, 9.17) is 0 Å². The van der Waals surface area contributed by atoms with Crippen LogP contribution in [0.1, 0.15) is 53.9 Å². The molecule has 3 nitrogen and oxygen atoms in total. The minimum atomic E-state index is 0.100. The Labute approximate surface area is 100 Å². The molecular weight excluding hydrogens is 200 g/mol. The number of carbonyl (C=O) groups is 1. The Morgan fingerprint density at radius 3 is 2.19 bits per heavy atom. The van der Waals surface area contributed by atoms with Crippen molar-refractivity contribution in [1.82, 2.24) is 10.6 Å². The Morgan fingerprint density at radius 2 is 1.75 bits per heavy atom. The van der Waals surface area contributed by atoms with Crippen molar-refractivity contribution in [3.8, 4) is 0 Å². The lowest BCUT2D eigenvalue weighted by Crippen LogP contribution is -2.38. The van der Waals surface area contributed by atoms with Gasteiger partial charge < -0.3 is 10.6 Å². The van der Waals surface area contributed by atoms with E-state index in [1.165, 1.54) is 6.42 Å². The van der Waals surface area contributed by atoms with Gasteiger partial charge in [0.05, 0.1) is 0 Å². The summed E-state index contributed by atoms with van der Waals surface area (Å²) in [5.74, 6) is 0.100. The van der Waals surface area contributed by atoms with Crippen LogP contribution in [0.3, 0.4) is 0 Å². The predicted octanol–water partition coefficient (Wildman–Crippen LogP) is 2.32. The predicted molar refractivity (Wildman–Crippen MR) is 69.4 cm³/mol. The fraction of sp³-hybridized carbons (Fsp3) is 0.923. The fourth-order valence-corrected chi connectivity index (χ4v) is 1.66. The Morgan fingerprint density at radius 1 is 1.19 bits per heavy atom. The minimum Gasteiger partial charge on any atom is -0.359 e. The van der Waals surface area contributed by atoms with Crippen molar-refractivity contribution < 1.29 is 4.79 Å². The first-order chi connectivity index (χ1) is 7.24. The van der Waals surface area contributed by atoms with E-state index >= 15 is 0 Å². The monoisotopic (exact) mass is 228 g/mol. The molecule has 0 saturated carbocycles. The van der Waals surface area contributed by atoms with Gasteiger partial charge in [0, 0.05) is 25.6 Å². The average molecular weight is 228 g/mol. The van der Waals surface area contributed by atoms with Crippen LogP contribution in [-0.2, 0) is 4.79 Å². The molecule has 1 amide bonds. The van der Waals surface area contributed by atoms with Crippen molar-refractivity contribution >= 4 is 5.91 Å². The molecule has 2 N–H and O–H groups in total. The highest BCUT2D eigenvalue weighted by Gasteiger charge is 2.14. The van der Waals surface area contributed by atoms with Crippen molar-refractivity contribution in [2.75, 3.05) is 7.05 Å². The summed E-state index contributed by atoms with van der Waals surface area (Å²) in [6.07, 6.45) is 2.91. The SMILES string of the molecule is CNC(=O)CC(C)NC(C)CCC(C)(C)C. The largest absolute Gasteiger partial charge is 0.359 e. The highest BCUT2D eigenvalue weighted by Crippen LogP contribution is 2.21. The van der Waals surface area contributed by atoms with Gasteiger partial charge in [0.15, 0.2) is 0 Å². The third kappa shape index (κ3) is 8.72. The van der Waals surface area contributed by atoms with Crippen LogP contribution in [0.25, 0.3) is 0 Å². The molecule has 0 aromatic heterocycles. The Hall–Kier alpha value is -0.570. The molecule has 0 aliphatic rings. The first kappa shape index (κ1) is 15.4. The van der Waals surface area contributed by atoms with Crippen molar-refractivity contribution in [2.24, 2.45) is 5.41 Å². The first-order valence-electron chi connectivity index (χ1n) is 6.21. The second-order valence-electron chi connectivity index (χ2n) is 5.95. The zero-order valence-corrected chi connectivity index (χ0v) is 11.7. The Balaban J connectivity index is 3.78. The third-order valence-electron chi connectivity index (χ3n) is 2.67. The molecule has 16 heavy (non-hydrogen) atoms. The van der Waals surface area contributed by atoms with Gasteiger partial charge in [-0.3, -0.25) is 4.79 Å². The van der Waals surface area contributed by atoms with Crippen LogP contribution in [0, 0.1) is 5.41 Å². The van der Waals surface area contributed by atoms with Gasteiger partial charge in [0.2, 0.25) is 5.91 Å². The lowest BCUT2D eigenvalue weighted by Gasteiger charge is -2.24. The molecule has 0 saturated heterocycles. The quantitative estimate of drug-likeness (QED) is 0.732. The van der Waals surface area contributed by atoms with E-state index in [0.717, 1.165) is 6.42 Å². The van der Waals surface area contributed by atoms with Crippen LogP contribution in [0.2, 0.25) is 0 Å². The molecule has 2 atom stereocenters. The van der Waals surface area contributed by atoms with Gasteiger partial charge in [0.1, 0.15) is 0 Å². The van der Waals surface area contributed by atoms with Crippen LogP contribution < -0.4 is 10.6 Å². The summed E-state index contributed by atoms with van der Waals surface area (Å²) >= 11 is 0. The van der Waals surface area contributed by atoms with E-state index < -0.39 is 0 Å². The summed E-state index contributed by atoms with van der Waals surface area (Å²) in [4.78, 5) is 11.2. The highest BCUT2D eigenvalue weighted by molar-refractivity contribution is 5.76. The Kier molecular flexibility index (Phi) is 6.65. The zero-order valence-electron chi connectivity index (χ0n) is 11.7. The average Bonchev–Trinajstić information content (AvgIpc) is 2.13. The number of nitrogens with one attached hydrogen (secondary N) is 2. The molecule has 96 valence electrons. The molecule has 0 heterocycles. The van der Waals surface area contributed by atoms with Gasteiger partial charge in [-0.05, 0) is 32.1 Å². The first-order valence-corrected chi connectivity index (χ1v) is 6.21. The van der Waals surface area contributed by atoms with Crippen molar-refractivity contribution in [2.45, 2.75) is 66.0 Å². The van der Waals surface area contributed by atoms with E-state index in [-0.39, 0.29) is 11.9 Å². The van der Waals surface area contributed by atoms with Crippen LogP contribution in [0.15, 0.2) is 0 Å². The molecule has 0 radical (unpaired) electrons. The van der Waals surface area contributed by atoms with E-state index in [2.05, 4.69) is 45.3 Å². The molecule has 0 fully saturated rings. The van der Waals surface area contributed by atoms with Crippen LogP contribution in [-0.4, -0.2) is 25.0 Å². The van der Waals surface area contributed by atoms with Gasteiger partial charge >= 0.3 is 0 Å². The van der Waals surface area contributed by atoms with E-state index in [9.17, 15) is 4.79 Å². The van der Waals surface area contributed by atoms with E-state index in [1.54, 1.807) is 7.05 Å². The van der Waals surface area contributed by atoms with Gasteiger partial charge in [0.25, 0.3) is 0 Å². The summed E-state index contributed by atoms with van der Waals surface area (Å²) in [6, 6.07) is 0.716. The second kappa shape index (κ2) is 6.89. The lowest BCUT2D eigenvalue weighted by molar-refractivity contribution is -0.121. The number of amides is 1.